The molecule has 0 radical (unpaired) electrons. The smallest absolute Gasteiger partial charge is 0.333 e. The van der Waals surface area contributed by atoms with Crippen molar-refractivity contribution in [2.24, 2.45) is 11.8 Å². The van der Waals surface area contributed by atoms with Crippen LogP contribution < -0.4 is 5.32 Å². The minimum atomic E-state index is -2.66. The standard InChI is InChI=1S/C16H24F2N4O/c1-10-14(11(2)22(20-10)16(17)18)7-15(23)21-5-3-12-8-19-9-13(12)4-6-21/h12-13,16,19H,3-9H2,1-2H3/t12-,13+. The quantitative estimate of drug-likeness (QED) is 0.923. The number of carbonyl (C=O) groups is 1. The second kappa shape index (κ2) is 6.55. The number of amides is 1. The molecule has 1 aromatic rings. The summed E-state index contributed by atoms with van der Waals surface area (Å²) in [5.74, 6) is 1.36. The van der Waals surface area contributed by atoms with Crippen LogP contribution in [0.3, 0.4) is 0 Å². The fourth-order valence-corrected chi connectivity index (χ4v) is 3.87. The topological polar surface area (TPSA) is 50.2 Å². The molecule has 0 unspecified atom stereocenters. The van der Waals surface area contributed by atoms with Crippen molar-refractivity contribution in [3.05, 3.63) is 17.0 Å². The summed E-state index contributed by atoms with van der Waals surface area (Å²) in [4.78, 5) is 14.5. The van der Waals surface area contributed by atoms with E-state index < -0.39 is 6.55 Å². The number of hydrogen-bond donors (Lipinski definition) is 1. The molecule has 2 aliphatic rings. The van der Waals surface area contributed by atoms with Gasteiger partial charge in [0.1, 0.15) is 0 Å². The lowest BCUT2D eigenvalue weighted by Crippen LogP contribution is -2.34. The van der Waals surface area contributed by atoms with Crippen molar-refractivity contribution in [3.63, 3.8) is 0 Å². The minimum absolute atomic E-state index is 0.0259. The van der Waals surface area contributed by atoms with Gasteiger partial charge in [0.25, 0.3) is 0 Å². The number of aromatic nitrogens is 2. The summed E-state index contributed by atoms with van der Waals surface area (Å²) in [7, 11) is 0. The van der Waals surface area contributed by atoms with Gasteiger partial charge >= 0.3 is 6.55 Å². The lowest BCUT2D eigenvalue weighted by atomic mass is 9.92. The van der Waals surface area contributed by atoms with Gasteiger partial charge in [-0.25, -0.2) is 4.68 Å². The van der Waals surface area contributed by atoms with Gasteiger partial charge in [-0.1, -0.05) is 0 Å². The van der Waals surface area contributed by atoms with Crippen LogP contribution >= 0.6 is 0 Å². The van der Waals surface area contributed by atoms with Crippen LogP contribution in [0.5, 0.6) is 0 Å². The molecule has 0 spiro atoms. The summed E-state index contributed by atoms with van der Waals surface area (Å²) >= 11 is 0. The number of rotatable bonds is 3. The normalized spacial score (nSPS) is 24.8. The first-order chi connectivity index (χ1) is 11.0. The fourth-order valence-electron chi connectivity index (χ4n) is 3.87. The predicted octanol–water partition coefficient (Wildman–Crippen LogP) is 1.90. The summed E-state index contributed by atoms with van der Waals surface area (Å²) in [5, 5.41) is 7.28. The second-order valence-electron chi connectivity index (χ2n) is 6.68. The number of fused-ring (bicyclic) bond motifs is 1. The van der Waals surface area contributed by atoms with E-state index in [1.165, 1.54) is 0 Å². The summed E-state index contributed by atoms with van der Waals surface area (Å²) in [5.41, 5.74) is 1.55. The van der Waals surface area contributed by atoms with E-state index in [9.17, 15) is 13.6 Å². The van der Waals surface area contributed by atoms with Crippen LogP contribution in [-0.4, -0.2) is 46.8 Å². The van der Waals surface area contributed by atoms with Crippen LogP contribution in [0.25, 0.3) is 0 Å². The SMILES string of the molecule is Cc1nn(C(F)F)c(C)c1CC(=O)N1CC[C@@H]2CNC[C@@H]2CC1. The Morgan fingerprint density at radius 3 is 2.39 bits per heavy atom. The van der Waals surface area contributed by atoms with E-state index in [4.69, 9.17) is 0 Å². The van der Waals surface area contributed by atoms with Crippen molar-refractivity contribution in [1.29, 1.82) is 0 Å². The van der Waals surface area contributed by atoms with Gasteiger partial charge in [0.05, 0.1) is 12.1 Å². The fraction of sp³-hybridized carbons (Fsp3) is 0.750. The van der Waals surface area contributed by atoms with Gasteiger partial charge in [-0.15, -0.1) is 0 Å². The molecule has 128 valence electrons. The second-order valence-corrected chi connectivity index (χ2v) is 6.68. The zero-order valence-electron chi connectivity index (χ0n) is 13.7. The van der Waals surface area contributed by atoms with Crippen LogP contribution in [-0.2, 0) is 11.2 Å². The van der Waals surface area contributed by atoms with Gasteiger partial charge in [-0.3, -0.25) is 4.79 Å². The van der Waals surface area contributed by atoms with E-state index in [1.807, 2.05) is 4.90 Å². The molecule has 1 N–H and O–H groups in total. The number of nitrogens with one attached hydrogen (secondary N) is 1. The zero-order chi connectivity index (χ0) is 16.6. The average molecular weight is 326 g/mol. The van der Waals surface area contributed by atoms with Crippen LogP contribution in [0.15, 0.2) is 0 Å². The van der Waals surface area contributed by atoms with Gasteiger partial charge in [0.2, 0.25) is 5.91 Å². The number of aryl methyl sites for hydroxylation is 1. The Labute approximate surface area is 135 Å². The number of alkyl halides is 2. The lowest BCUT2D eigenvalue weighted by molar-refractivity contribution is -0.130. The molecule has 2 saturated heterocycles. The largest absolute Gasteiger partial charge is 0.342 e. The third kappa shape index (κ3) is 3.24. The highest BCUT2D eigenvalue weighted by atomic mass is 19.3. The first-order valence-electron chi connectivity index (χ1n) is 8.28. The van der Waals surface area contributed by atoms with E-state index in [2.05, 4.69) is 10.4 Å². The maximum atomic E-state index is 12.9. The summed E-state index contributed by atoms with van der Waals surface area (Å²) in [6.07, 6.45) is 2.22. The molecule has 2 aliphatic heterocycles. The predicted molar refractivity (Wildman–Crippen MR) is 82.3 cm³/mol. The van der Waals surface area contributed by atoms with Gasteiger partial charge in [0.15, 0.2) is 0 Å². The van der Waals surface area contributed by atoms with Crippen LogP contribution in [0.1, 0.15) is 36.3 Å². The summed E-state index contributed by atoms with van der Waals surface area (Å²) < 4.78 is 26.5. The van der Waals surface area contributed by atoms with Crippen LogP contribution in [0.2, 0.25) is 0 Å². The van der Waals surface area contributed by atoms with E-state index in [0.717, 1.165) is 39.0 Å². The number of likely N-dealkylation sites (tertiary alicyclic amines) is 1. The molecular weight excluding hydrogens is 302 g/mol. The third-order valence-electron chi connectivity index (χ3n) is 5.36. The van der Waals surface area contributed by atoms with Crippen LogP contribution in [0.4, 0.5) is 8.78 Å². The van der Waals surface area contributed by atoms with E-state index in [0.29, 0.717) is 33.5 Å². The molecule has 0 bridgehead atoms. The van der Waals surface area contributed by atoms with Gasteiger partial charge < -0.3 is 10.2 Å². The maximum absolute atomic E-state index is 12.9. The first-order valence-corrected chi connectivity index (χ1v) is 8.28. The molecule has 5 nitrogen and oxygen atoms in total. The van der Waals surface area contributed by atoms with Gasteiger partial charge in [-0.2, -0.15) is 13.9 Å². The molecule has 0 saturated carbocycles. The van der Waals surface area contributed by atoms with Crippen molar-refractivity contribution >= 4 is 5.91 Å². The Hall–Kier alpha value is -1.50. The Balaban J connectivity index is 1.67. The third-order valence-corrected chi connectivity index (χ3v) is 5.36. The van der Waals surface area contributed by atoms with E-state index in [1.54, 1.807) is 13.8 Å². The molecule has 7 heteroatoms. The van der Waals surface area contributed by atoms with Crippen molar-refractivity contribution in [2.75, 3.05) is 26.2 Å². The minimum Gasteiger partial charge on any atom is -0.342 e. The Morgan fingerprint density at radius 1 is 1.26 bits per heavy atom. The molecule has 1 aromatic heterocycles. The maximum Gasteiger partial charge on any atom is 0.333 e. The molecule has 3 rings (SSSR count). The van der Waals surface area contributed by atoms with Crippen molar-refractivity contribution in [1.82, 2.24) is 20.0 Å². The van der Waals surface area contributed by atoms with Crippen molar-refractivity contribution in [3.8, 4) is 0 Å². The zero-order valence-corrected chi connectivity index (χ0v) is 13.7. The van der Waals surface area contributed by atoms with E-state index >= 15 is 0 Å². The number of nitrogens with zero attached hydrogens (tertiary/aromatic N) is 3. The molecule has 23 heavy (non-hydrogen) atoms. The molecule has 0 aromatic carbocycles. The average Bonchev–Trinajstić information content (AvgIpc) is 3.00. The van der Waals surface area contributed by atoms with Crippen LogP contribution in [0, 0.1) is 25.7 Å². The summed E-state index contributed by atoms with van der Waals surface area (Å²) in [6.45, 7) is 4.26. The number of hydrogen-bond acceptors (Lipinski definition) is 3. The van der Waals surface area contributed by atoms with Crippen molar-refractivity contribution in [2.45, 2.75) is 39.7 Å². The highest BCUT2D eigenvalue weighted by Crippen LogP contribution is 2.28. The Kier molecular flexibility index (Phi) is 4.66. The number of carbonyl (C=O) groups excluding carboxylic acids is 1. The lowest BCUT2D eigenvalue weighted by Gasteiger charge is -2.21. The number of halogens is 2. The molecule has 2 atom stereocenters. The Morgan fingerprint density at radius 2 is 1.87 bits per heavy atom. The van der Waals surface area contributed by atoms with E-state index in [-0.39, 0.29) is 12.3 Å². The first kappa shape index (κ1) is 16.4. The molecule has 2 fully saturated rings. The Bertz CT molecular complexity index is 573. The highest BCUT2D eigenvalue weighted by Gasteiger charge is 2.31. The van der Waals surface area contributed by atoms with Gasteiger partial charge in [-0.05, 0) is 51.6 Å². The molecule has 3 heterocycles. The molecular formula is C16H24F2N4O. The summed E-state index contributed by atoms with van der Waals surface area (Å²) in [6, 6.07) is 0. The molecule has 0 aliphatic carbocycles. The monoisotopic (exact) mass is 326 g/mol. The van der Waals surface area contributed by atoms with Gasteiger partial charge in [0, 0.05) is 24.3 Å². The highest BCUT2D eigenvalue weighted by molar-refractivity contribution is 5.79. The molecule has 1 amide bonds. The van der Waals surface area contributed by atoms with Crippen molar-refractivity contribution < 1.29 is 13.6 Å².